The van der Waals surface area contributed by atoms with E-state index in [1.165, 1.54) is 11.3 Å². The van der Waals surface area contributed by atoms with E-state index in [1.54, 1.807) is 18.2 Å². The number of thiazole rings is 1. The molecule has 1 aromatic heterocycles. The van der Waals surface area contributed by atoms with Gasteiger partial charge in [-0.05, 0) is 30.3 Å². The zero-order valence-corrected chi connectivity index (χ0v) is 14.4. The average molecular weight is 370 g/mol. The summed E-state index contributed by atoms with van der Waals surface area (Å²) < 4.78 is 16.9. The molecular weight excluding hydrogens is 356 g/mol. The molecule has 0 saturated heterocycles. The summed E-state index contributed by atoms with van der Waals surface area (Å²) in [5, 5.41) is 3.10. The van der Waals surface area contributed by atoms with Crippen molar-refractivity contribution in [2.75, 3.05) is 25.1 Å². The number of rotatable bonds is 4. The third-order valence-corrected chi connectivity index (χ3v) is 4.60. The first-order valence-electron chi connectivity index (χ1n) is 7.91. The molecule has 0 bridgehead atoms. The third kappa shape index (κ3) is 3.45. The van der Waals surface area contributed by atoms with E-state index in [4.69, 9.17) is 14.2 Å². The molecule has 0 aliphatic carbocycles. The fraction of sp³-hybridized carbons (Fsp3) is 0.167. The molecule has 7 nitrogen and oxygen atoms in total. The van der Waals surface area contributed by atoms with Gasteiger partial charge in [0.1, 0.15) is 13.2 Å². The number of aromatic nitrogens is 1. The lowest BCUT2D eigenvalue weighted by atomic mass is 10.2. The van der Waals surface area contributed by atoms with Crippen LogP contribution in [-0.4, -0.2) is 36.7 Å². The smallest absolute Gasteiger partial charge is 0.338 e. The van der Waals surface area contributed by atoms with Crippen LogP contribution in [0.3, 0.4) is 0 Å². The van der Waals surface area contributed by atoms with Crippen LogP contribution in [0.4, 0.5) is 5.13 Å². The molecule has 3 aromatic rings. The topological polar surface area (TPSA) is 86.8 Å². The number of hydrogen-bond acceptors (Lipinski definition) is 7. The quantitative estimate of drug-likeness (QED) is 0.711. The Labute approximate surface area is 152 Å². The highest BCUT2D eigenvalue weighted by atomic mass is 32.1. The minimum Gasteiger partial charge on any atom is -0.486 e. The van der Waals surface area contributed by atoms with E-state index in [0.29, 0.717) is 35.4 Å². The molecule has 1 aliphatic rings. The highest BCUT2D eigenvalue weighted by Crippen LogP contribution is 2.31. The van der Waals surface area contributed by atoms with E-state index in [2.05, 4.69) is 10.3 Å². The van der Waals surface area contributed by atoms with Crippen LogP contribution < -0.4 is 14.8 Å². The van der Waals surface area contributed by atoms with Crippen LogP contribution in [0.25, 0.3) is 10.2 Å². The molecule has 0 saturated carbocycles. The largest absolute Gasteiger partial charge is 0.486 e. The summed E-state index contributed by atoms with van der Waals surface area (Å²) in [4.78, 5) is 28.4. The molecule has 0 fully saturated rings. The van der Waals surface area contributed by atoms with E-state index in [-0.39, 0.29) is 0 Å². The molecule has 0 radical (unpaired) electrons. The molecule has 132 valence electrons. The van der Waals surface area contributed by atoms with Crippen LogP contribution in [0.1, 0.15) is 10.4 Å². The van der Waals surface area contributed by atoms with Gasteiger partial charge in [0.05, 0.1) is 15.8 Å². The van der Waals surface area contributed by atoms with Gasteiger partial charge in [-0.25, -0.2) is 9.78 Å². The van der Waals surface area contributed by atoms with Gasteiger partial charge in [0.2, 0.25) is 0 Å². The summed E-state index contributed by atoms with van der Waals surface area (Å²) in [6, 6.07) is 12.3. The van der Waals surface area contributed by atoms with Crippen LogP contribution >= 0.6 is 11.3 Å². The van der Waals surface area contributed by atoms with Crippen molar-refractivity contribution in [3.05, 3.63) is 48.0 Å². The molecule has 2 aromatic carbocycles. The minimum atomic E-state index is -0.610. The number of ether oxygens (including phenoxy) is 3. The van der Waals surface area contributed by atoms with Gasteiger partial charge in [0.15, 0.2) is 23.2 Å². The van der Waals surface area contributed by atoms with E-state index in [1.807, 2.05) is 24.3 Å². The molecule has 1 N–H and O–H groups in total. The minimum absolute atomic E-state index is 0.294. The second kappa shape index (κ2) is 7.01. The van der Waals surface area contributed by atoms with Crippen molar-refractivity contribution >= 4 is 38.6 Å². The van der Waals surface area contributed by atoms with Gasteiger partial charge >= 0.3 is 5.97 Å². The number of carbonyl (C=O) groups is 2. The van der Waals surface area contributed by atoms with Crippen LogP contribution in [-0.2, 0) is 9.53 Å². The van der Waals surface area contributed by atoms with Crippen LogP contribution in [0, 0.1) is 0 Å². The monoisotopic (exact) mass is 370 g/mol. The number of hydrogen-bond donors (Lipinski definition) is 1. The standard InChI is InChI=1S/C18H14N2O5S/c21-16(20-18-19-12-3-1-2-4-15(12)26-18)10-25-17(22)11-5-6-13-14(9-11)24-8-7-23-13/h1-6,9H,7-8,10H2,(H,19,20,21). The summed E-state index contributed by atoms with van der Waals surface area (Å²) in [5.41, 5.74) is 1.10. The van der Waals surface area contributed by atoms with Crippen molar-refractivity contribution in [2.24, 2.45) is 0 Å². The molecule has 26 heavy (non-hydrogen) atoms. The summed E-state index contributed by atoms with van der Waals surface area (Å²) in [6.07, 6.45) is 0. The SMILES string of the molecule is O=C(COC(=O)c1ccc2c(c1)OCCO2)Nc1nc2ccccc2s1. The zero-order chi connectivity index (χ0) is 17.9. The van der Waals surface area contributed by atoms with Crippen molar-refractivity contribution in [1.82, 2.24) is 4.98 Å². The number of anilines is 1. The third-order valence-electron chi connectivity index (χ3n) is 3.65. The van der Waals surface area contributed by atoms with Crippen LogP contribution in [0.2, 0.25) is 0 Å². The van der Waals surface area contributed by atoms with E-state index in [0.717, 1.165) is 10.2 Å². The highest BCUT2D eigenvalue weighted by molar-refractivity contribution is 7.22. The molecule has 4 rings (SSSR count). The van der Waals surface area contributed by atoms with Gasteiger partial charge in [0, 0.05) is 0 Å². The summed E-state index contributed by atoms with van der Waals surface area (Å²) >= 11 is 1.36. The van der Waals surface area contributed by atoms with Crippen LogP contribution in [0.5, 0.6) is 11.5 Å². The van der Waals surface area contributed by atoms with Crippen LogP contribution in [0.15, 0.2) is 42.5 Å². The Morgan fingerprint density at radius 3 is 2.77 bits per heavy atom. The Balaban J connectivity index is 1.35. The second-order valence-electron chi connectivity index (χ2n) is 5.47. The lowest BCUT2D eigenvalue weighted by Gasteiger charge is -2.18. The lowest BCUT2D eigenvalue weighted by molar-refractivity contribution is -0.119. The molecule has 0 atom stereocenters. The van der Waals surface area contributed by atoms with Crippen molar-refractivity contribution in [2.45, 2.75) is 0 Å². The molecule has 1 aliphatic heterocycles. The zero-order valence-electron chi connectivity index (χ0n) is 13.6. The van der Waals surface area contributed by atoms with Crippen molar-refractivity contribution in [1.29, 1.82) is 0 Å². The second-order valence-corrected chi connectivity index (χ2v) is 6.50. The van der Waals surface area contributed by atoms with Gasteiger partial charge in [0.25, 0.3) is 5.91 Å². The fourth-order valence-corrected chi connectivity index (χ4v) is 3.35. The number of benzene rings is 2. The molecule has 2 heterocycles. The Bertz CT molecular complexity index is 952. The summed E-state index contributed by atoms with van der Waals surface area (Å²) in [7, 11) is 0. The number of para-hydroxylation sites is 1. The Kier molecular flexibility index (Phi) is 4.40. The molecule has 1 amide bonds. The first kappa shape index (κ1) is 16.3. The maximum atomic E-state index is 12.1. The number of esters is 1. The highest BCUT2D eigenvalue weighted by Gasteiger charge is 2.17. The average Bonchev–Trinajstić information content (AvgIpc) is 3.08. The lowest BCUT2D eigenvalue weighted by Crippen LogP contribution is -2.21. The van der Waals surface area contributed by atoms with Crippen molar-refractivity contribution < 1.29 is 23.8 Å². The van der Waals surface area contributed by atoms with E-state index >= 15 is 0 Å². The molecular formula is C18H14N2O5S. The van der Waals surface area contributed by atoms with Gasteiger partial charge in [-0.3, -0.25) is 10.1 Å². The number of nitrogens with zero attached hydrogens (tertiary/aromatic N) is 1. The maximum Gasteiger partial charge on any atom is 0.338 e. The summed E-state index contributed by atoms with van der Waals surface area (Å²) in [6.45, 7) is 0.502. The van der Waals surface area contributed by atoms with E-state index < -0.39 is 18.5 Å². The Hall–Kier alpha value is -3.13. The first-order valence-corrected chi connectivity index (χ1v) is 8.73. The first-order chi connectivity index (χ1) is 12.7. The molecule has 0 unspecified atom stereocenters. The Morgan fingerprint density at radius 2 is 1.92 bits per heavy atom. The predicted octanol–water partition coefficient (Wildman–Crippen LogP) is 2.86. The number of nitrogens with one attached hydrogen (secondary N) is 1. The molecule has 0 spiro atoms. The summed E-state index contributed by atoms with van der Waals surface area (Å²) in [5.74, 6) is 0.0161. The number of fused-ring (bicyclic) bond motifs is 2. The van der Waals surface area contributed by atoms with Crippen molar-refractivity contribution in [3.63, 3.8) is 0 Å². The number of carbonyl (C=O) groups excluding carboxylic acids is 2. The maximum absolute atomic E-state index is 12.1. The van der Waals surface area contributed by atoms with Crippen molar-refractivity contribution in [3.8, 4) is 11.5 Å². The van der Waals surface area contributed by atoms with E-state index in [9.17, 15) is 9.59 Å². The predicted molar refractivity (Wildman–Crippen MR) is 96.0 cm³/mol. The molecule has 8 heteroatoms. The normalized spacial score (nSPS) is 12.6. The van der Waals surface area contributed by atoms with Gasteiger partial charge in [-0.1, -0.05) is 23.5 Å². The Morgan fingerprint density at radius 1 is 1.12 bits per heavy atom. The number of amides is 1. The fourth-order valence-electron chi connectivity index (χ4n) is 2.47. The van der Waals surface area contributed by atoms with Gasteiger partial charge in [-0.2, -0.15) is 0 Å². The van der Waals surface area contributed by atoms with Gasteiger partial charge in [-0.15, -0.1) is 0 Å². The van der Waals surface area contributed by atoms with Gasteiger partial charge < -0.3 is 14.2 Å².